The SMILES string of the molecule is COc1ccc(C(C)(C)c2ccc(Oc3ccc4c(c3)C(=O)N(c3ccc(NC=O)cc3)C4=O)cc2)cc1. The molecule has 0 aliphatic carbocycles. The molecule has 3 amide bonds. The summed E-state index contributed by atoms with van der Waals surface area (Å²) in [5, 5.41) is 2.53. The van der Waals surface area contributed by atoms with E-state index >= 15 is 0 Å². The Morgan fingerprint density at radius 3 is 1.84 bits per heavy atom. The second kappa shape index (κ2) is 9.86. The third-order valence-corrected chi connectivity index (χ3v) is 6.83. The molecule has 7 heteroatoms. The van der Waals surface area contributed by atoms with E-state index in [4.69, 9.17) is 9.47 Å². The van der Waals surface area contributed by atoms with Gasteiger partial charge in [-0.3, -0.25) is 14.4 Å². The number of hydrogen-bond donors (Lipinski definition) is 1. The molecular weight excluding hydrogens is 480 g/mol. The van der Waals surface area contributed by atoms with Crippen molar-refractivity contribution in [3.63, 3.8) is 0 Å². The Balaban J connectivity index is 1.33. The summed E-state index contributed by atoms with van der Waals surface area (Å²) in [5.74, 6) is 1.06. The predicted octanol–water partition coefficient (Wildman–Crippen LogP) is 6.18. The van der Waals surface area contributed by atoms with Gasteiger partial charge in [0.25, 0.3) is 11.8 Å². The lowest BCUT2D eigenvalue weighted by Gasteiger charge is -2.26. The number of amides is 3. The lowest BCUT2D eigenvalue weighted by molar-refractivity contribution is -0.105. The lowest BCUT2D eigenvalue weighted by atomic mass is 9.78. The molecule has 1 aliphatic rings. The number of carbonyl (C=O) groups is 3. The van der Waals surface area contributed by atoms with E-state index in [0.29, 0.717) is 34.8 Å². The van der Waals surface area contributed by atoms with Crippen LogP contribution in [-0.2, 0) is 10.2 Å². The Morgan fingerprint density at radius 2 is 1.26 bits per heavy atom. The number of methoxy groups -OCH3 is 1. The van der Waals surface area contributed by atoms with Gasteiger partial charge < -0.3 is 14.8 Å². The van der Waals surface area contributed by atoms with E-state index in [1.54, 1.807) is 49.6 Å². The topological polar surface area (TPSA) is 84.9 Å². The summed E-state index contributed by atoms with van der Waals surface area (Å²) in [6, 6.07) is 27.2. The molecule has 0 saturated heterocycles. The summed E-state index contributed by atoms with van der Waals surface area (Å²) in [6.45, 7) is 4.32. The zero-order valence-electron chi connectivity index (χ0n) is 21.2. The van der Waals surface area contributed by atoms with Crippen LogP contribution in [0.1, 0.15) is 45.7 Å². The highest BCUT2D eigenvalue weighted by atomic mass is 16.5. The summed E-state index contributed by atoms with van der Waals surface area (Å²) in [4.78, 5) is 37.8. The van der Waals surface area contributed by atoms with Crippen LogP contribution in [0.3, 0.4) is 0 Å². The largest absolute Gasteiger partial charge is 0.497 e. The molecule has 4 aromatic rings. The van der Waals surface area contributed by atoms with Gasteiger partial charge in [-0.25, -0.2) is 4.90 Å². The van der Waals surface area contributed by atoms with Crippen LogP contribution in [0.5, 0.6) is 17.2 Å². The average Bonchev–Trinajstić information content (AvgIpc) is 3.18. The maximum absolute atomic E-state index is 13.1. The first kappa shape index (κ1) is 24.8. The first-order chi connectivity index (χ1) is 18.3. The third-order valence-electron chi connectivity index (χ3n) is 6.83. The van der Waals surface area contributed by atoms with Gasteiger partial charge in [0, 0.05) is 11.1 Å². The van der Waals surface area contributed by atoms with Gasteiger partial charge in [0.2, 0.25) is 6.41 Å². The Hall–Kier alpha value is -4.91. The average molecular weight is 507 g/mol. The fourth-order valence-electron chi connectivity index (χ4n) is 4.54. The number of ether oxygens (including phenoxy) is 2. The molecule has 1 heterocycles. The fourth-order valence-corrected chi connectivity index (χ4v) is 4.54. The number of anilines is 2. The molecule has 38 heavy (non-hydrogen) atoms. The molecular formula is C31H26N2O5. The molecule has 4 aromatic carbocycles. The van der Waals surface area contributed by atoms with E-state index < -0.39 is 11.8 Å². The Labute approximate surface area is 220 Å². The first-order valence-corrected chi connectivity index (χ1v) is 12.1. The van der Waals surface area contributed by atoms with Crippen molar-refractivity contribution in [3.8, 4) is 17.2 Å². The minimum atomic E-state index is -0.428. The molecule has 0 saturated carbocycles. The predicted molar refractivity (Wildman–Crippen MR) is 145 cm³/mol. The number of imide groups is 1. The van der Waals surface area contributed by atoms with Crippen molar-refractivity contribution in [2.24, 2.45) is 0 Å². The number of nitrogens with zero attached hydrogens (tertiary/aromatic N) is 1. The number of benzene rings is 4. The van der Waals surface area contributed by atoms with Gasteiger partial charge in [-0.05, 0) is 77.9 Å². The molecule has 0 fully saturated rings. The van der Waals surface area contributed by atoms with Gasteiger partial charge >= 0.3 is 0 Å². The van der Waals surface area contributed by atoms with Crippen LogP contribution < -0.4 is 19.7 Å². The highest BCUT2D eigenvalue weighted by Gasteiger charge is 2.37. The summed E-state index contributed by atoms with van der Waals surface area (Å²) < 4.78 is 11.3. The van der Waals surface area contributed by atoms with Crippen molar-refractivity contribution < 1.29 is 23.9 Å². The van der Waals surface area contributed by atoms with Crippen LogP contribution in [0.4, 0.5) is 11.4 Å². The van der Waals surface area contributed by atoms with Crippen molar-refractivity contribution in [2.75, 3.05) is 17.3 Å². The maximum Gasteiger partial charge on any atom is 0.266 e. The molecule has 0 unspecified atom stereocenters. The zero-order chi connectivity index (χ0) is 26.9. The molecule has 0 spiro atoms. The van der Waals surface area contributed by atoms with Crippen LogP contribution in [0.2, 0.25) is 0 Å². The third kappa shape index (κ3) is 4.50. The van der Waals surface area contributed by atoms with Crippen LogP contribution in [0, 0.1) is 0 Å². The molecule has 1 aliphatic heterocycles. The minimum Gasteiger partial charge on any atom is -0.497 e. The second-order valence-electron chi connectivity index (χ2n) is 9.44. The molecule has 7 nitrogen and oxygen atoms in total. The Bertz CT molecular complexity index is 1510. The van der Waals surface area contributed by atoms with Gasteiger partial charge in [-0.1, -0.05) is 38.1 Å². The van der Waals surface area contributed by atoms with Gasteiger partial charge in [-0.15, -0.1) is 0 Å². The summed E-state index contributed by atoms with van der Waals surface area (Å²) >= 11 is 0. The minimum absolute atomic E-state index is 0.226. The lowest BCUT2D eigenvalue weighted by Crippen LogP contribution is -2.29. The van der Waals surface area contributed by atoms with Crippen molar-refractivity contribution in [1.29, 1.82) is 0 Å². The Kier molecular flexibility index (Phi) is 6.43. The summed E-state index contributed by atoms with van der Waals surface area (Å²) in [6.07, 6.45) is 0.563. The van der Waals surface area contributed by atoms with E-state index in [2.05, 4.69) is 31.3 Å². The highest BCUT2D eigenvalue weighted by molar-refractivity contribution is 6.34. The number of fused-ring (bicyclic) bond motifs is 1. The number of nitrogens with one attached hydrogen (secondary N) is 1. The van der Waals surface area contributed by atoms with Gasteiger partial charge in [-0.2, -0.15) is 0 Å². The van der Waals surface area contributed by atoms with E-state index in [1.807, 2.05) is 36.4 Å². The molecule has 190 valence electrons. The monoisotopic (exact) mass is 506 g/mol. The maximum atomic E-state index is 13.1. The van der Waals surface area contributed by atoms with Crippen molar-refractivity contribution in [3.05, 3.63) is 113 Å². The van der Waals surface area contributed by atoms with Gasteiger partial charge in [0.05, 0.1) is 23.9 Å². The van der Waals surface area contributed by atoms with Crippen molar-refractivity contribution in [1.82, 2.24) is 0 Å². The van der Waals surface area contributed by atoms with Gasteiger partial charge in [0.1, 0.15) is 17.2 Å². The van der Waals surface area contributed by atoms with Crippen LogP contribution in [-0.4, -0.2) is 25.3 Å². The summed E-state index contributed by atoms with van der Waals surface area (Å²) in [5.41, 5.74) is 3.63. The van der Waals surface area contributed by atoms with Crippen LogP contribution in [0.15, 0.2) is 91.0 Å². The quantitative estimate of drug-likeness (QED) is 0.228. The molecule has 0 bridgehead atoms. The second-order valence-corrected chi connectivity index (χ2v) is 9.44. The van der Waals surface area contributed by atoms with E-state index in [-0.39, 0.29) is 11.0 Å². The number of rotatable bonds is 8. The molecule has 0 atom stereocenters. The van der Waals surface area contributed by atoms with E-state index in [1.165, 1.54) is 0 Å². The van der Waals surface area contributed by atoms with Crippen LogP contribution in [0.25, 0.3) is 0 Å². The fraction of sp³-hybridized carbons (Fsp3) is 0.129. The summed E-state index contributed by atoms with van der Waals surface area (Å²) in [7, 11) is 1.65. The number of hydrogen-bond acceptors (Lipinski definition) is 5. The smallest absolute Gasteiger partial charge is 0.266 e. The molecule has 1 N–H and O–H groups in total. The normalized spacial score (nSPS) is 12.8. The molecule has 0 aromatic heterocycles. The van der Waals surface area contributed by atoms with Crippen molar-refractivity contribution >= 4 is 29.6 Å². The molecule has 5 rings (SSSR count). The standard InChI is InChI=1S/C31H26N2O5/c1-31(2,20-4-12-24(37-3)13-5-20)21-6-14-25(15-7-21)38-26-16-17-27-28(18-26)30(36)33(29(27)35)23-10-8-22(9-11-23)32-19-34/h4-19H,1-3H3,(H,32,34). The van der Waals surface area contributed by atoms with Gasteiger partial charge in [0.15, 0.2) is 0 Å². The number of carbonyl (C=O) groups excluding carboxylic acids is 3. The molecule has 0 radical (unpaired) electrons. The highest BCUT2D eigenvalue weighted by Crippen LogP contribution is 2.35. The Morgan fingerprint density at radius 1 is 0.711 bits per heavy atom. The van der Waals surface area contributed by atoms with Crippen molar-refractivity contribution in [2.45, 2.75) is 19.3 Å². The van der Waals surface area contributed by atoms with E-state index in [0.717, 1.165) is 21.8 Å². The van der Waals surface area contributed by atoms with E-state index in [9.17, 15) is 14.4 Å². The zero-order valence-corrected chi connectivity index (χ0v) is 21.2. The first-order valence-electron chi connectivity index (χ1n) is 12.1. The van der Waals surface area contributed by atoms with Crippen LogP contribution >= 0.6 is 0 Å².